The Kier molecular flexibility index (Phi) is 27.9. The first-order valence-corrected chi connectivity index (χ1v) is 19.0. The molecule has 2 nitrogen and oxygen atoms in total. The second-order valence-electron chi connectivity index (χ2n) is 13.2. The third kappa shape index (κ3) is 22.0. The lowest BCUT2D eigenvalue weighted by molar-refractivity contribution is 0.137. The van der Waals surface area contributed by atoms with E-state index in [-0.39, 0.29) is 0 Å². The molecule has 1 rings (SSSR count). The van der Waals surface area contributed by atoms with Gasteiger partial charge in [-0.1, -0.05) is 188 Å². The van der Waals surface area contributed by atoms with E-state index in [0.29, 0.717) is 6.17 Å². The van der Waals surface area contributed by atoms with Gasteiger partial charge in [-0.2, -0.15) is 0 Å². The van der Waals surface area contributed by atoms with Gasteiger partial charge in [0, 0.05) is 25.5 Å². The second-order valence-corrected chi connectivity index (χ2v) is 13.2. The van der Waals surface area contributed by atoms with Gasteiger partial charge >= 0.3 is 0 Å². The molecule has 0 bridgehead atoms. The SMILES string of the molecule is CCCCCCCCCCCCCCCCCCC1N(CCC)C=CN1CCCCCCCCCCCCCC. The molecule has 0 aromatic carbocycles. The zero-order valence-corrected chi connectivity index (χ0v) is 28.3. The molecule has 2 heteroatoms. The van der Waals surface area contributed by atoms with Crippen LogP contribution in [0.1, 0.15) is 213 Å². The molecule has 1 heterocycles. The summed E-state index contributed by atoms with van der Waals surface area (Å²) in [5.74, 6) is 0. The maximum absolute atomic E-state index is 2.68. The Hall–Kier alpha value is -0.660. The van der Waals surface area contributed by atoms with Crippen LogP contribution < -0.4 is 0 Å². The van der Waals surface area contributed by atoms with Gasteiger partial charge < -0.3 is 9.80 Å². The largest absolute Gasteiger partial charge is 0.356 e. The third-order valence-electron chi connectivity index (χ3n) is 9.28. The van der Waals surface area contributed by atoms with Crippen molar-refractivity contribution in [2.24, 2.45) is 0 Å². The summed E-state index contributed by atoms with van der Waals surface area (Å²) in [6.07, 6.45) is 48.6. The van der Waals surface area contributed by atoms with Crippen LogP contribution in [0.3, 0.4) is 0 Å². The molecule has 1 unspecified atom stereocenters. The van der Waals surface area contributed by atoms with Crippen molar-refractivity contribution >= 4 is 0 Å². The average Bonchev–Trinajstić information content (AvgIpc) is 3.34. The van der Waals surface area contributed by atoms with Crippen LogP contribution in [-0.2, 0) is 0 Å². The van der Waals surface area contributed by atoms with Crippen molar-refractivity contribution < 1.29 is 0 Å². The highest BCUT2D eigenvalue weighted by molar-refractivity contribution is 4.96. The molecule has 0 saturated carbocycles. The van der Waals surface area contributed by atoms with Crippen molar-refractivity contribution in [3.05, 3.63) is 12.4 Å². The highest BCUT2D eigenvalue weighted by Gasteiger charge is 2.24. The summed E-state index contributed by atoms with van der Waals surface area (Å²) < 4.78 is 0. The van der Waals surface area contributed by atoms with Gasteiger partial charge in [0.1, 0.15) is 6.17 Å². The first-order chi connectivity index (χ1) is 19.8. The maximum Gasteiger partial charge on any atom is 0.101 e. The van der Waals surface area contributed by atoms with Gasteiger partial charge in [-0.05, 0) is 25.7 Å². The summed E-state index contributed by atoms with van der Waals surface area (Å²) in [6, 6.07) is 0. The number of hydrogen-bond donors (Lipinski definition) is 0. The first kappa shape index (κ1) is 37.4. The van der Waals surface area contributed by atoms with E-state index in [0.717, 1.165) is 0 Å². The fourth-order valence-electron chi connectivity index (χ4n) is 6.61. The van der Waals surface area contributed by atoms with E-state index in [4.69, 9.17) is 0 Å². The number of nitrogens with zero attached hydrogens (tertiary/aromatic N) is 2. The topological polar surface area (TPSA) is 6.48 Å². The zero-order valence-electron chi connectivity index (χ0n) is 28.3. The molecule has 0 saturated heterocycles. The minimum atomic E-state index is 0.638. The van der Waals surface area contributed by atoms with Crippen LogP contribution in [-0.4, -0.2) is 29.1 Å². The van der Waals surface area contributed by atoms with Gasteiger partial charge in [-0.15, -0.1) is 0 Å². The van der Waals surface area contributed by atoms with E-state index < -0.39 is 0 Å². The van der Waals surface area contributed by atoms with Crippen molar-refractivity contribution in [3.63, 3.8) is 0 Å². The molecule has 238 valence electrons. The van der Waals surface area contributed by atoms with Gasteiger partial charge in [0.2, 0.25) is 0 Å². The fraction of sp³-hybridized carbons (Fsp3) is 0.947. The summed E-state index contributed by atoms with van der Waals surface area (Å²) in [6.45, 7) is 9.42. The van der Waals surface area contributed by atoms with E-state index >= 15 is 0 Å². The maximum atomic E-state index is 2.68. The van der Waals surface area contributed by atoms with Gasteiger partial charge in [-0.3, -0.25) is 0 Å². The lowest BCUT2D eigenvalue weighted by Gasteiger charge is -2.33. The summed E-state index contributed by atoms with van der Waals surface area (Å²) in [5.41, 5.74) is 0. The number of unbranched alkanes of at least 4 members (excludes halogenated alkanes) is 26. The van der Waals surface area contributed by atoms with Crippen molar-refractivity contribution in [3.8, 4) is 0 Å². The molecule has 0 fully saturated rings. The Labute approximate surface area is 254 Å². The molecule has 0 aliphatic carbocycles. The Morgan fingerprint density at radius 3 is 0.975 bits per heavy atom. The van der Waals surface area contributed by atoms with Crippen molar-refractivity contribution in [1.29, 1.82) is 0 Å². The lowest BCUT2D eigenvalue weighted by Crippen LogP contribution is -2.39. The van der Waals surface area contributed by atoms with Gasteiger partial charge in [0.05, 0.1) is 0 Å². The molecule has 0 N–H and O–H groups in total. The fourth-order valence-corrected chi connectivity index (χ4v) is 6.61. The lowest BCUT2D eigenvalue weighted by atomic mass is 10.0. The molecule has 0 radical (unpaired) electrons. The molecular weight excluding hydrogens is 484 g/mol. The Bertz CT molecular complexity index is 516. The van der Waals surface area contributed by atoms with E-state index in [1.54, 1.807) is 0 Å². The number of rotatable bonds is 32. The predicted octanol–water partition coefficient (Wildman–Crippen LogP) is 13.2. The zero-order chi connectivity index (χ0) is 28.8. The quantitative estimate of drug-likeness (QED) is 0.0755. The highest BCUT2D eigenvalue weighted by atomic mass is 15.4. The summed E-state index contributed by atoms with van der Waals surface area (Å²) in [4.78, 5) is 5.31. The van der Waals surface area contributed by atoms with Crippen LogP contribution in [0.25, 0.3) is 0 Å². The Balaban J connectivity index is 1.98. The molecule has 1 atom stereocenters. The van der Waals surface area contributed by atoms with Crippen LogP contribution >= 0.6 is 0 Å². The van der Waals surface area contributed by atoms with E-state index in [1.165, 1.54) is 206 Å². The molecule has 1 aliphatic rings. The van der Waals surface area contributed by atoms with Crippen molar-refractivity contribution in [2.45, 2.75) is 220 Å². The third-order valence-corrected chi connectivity index (χ3v) is 9.28. The van der Waals surface area contributed by atoms with Gasteiger partial charge in [-0.25, -0.2) is 0 Å². The summed E-state index contributed by atoms with van der Waals surface area (Å²) >= 11 is 0. The molecule has 40 heavy (non-hydrogen) atoms. The molecule has 0 aromatic rings. The minimum Gasteiger partial charge on any atom is -0.356 e. The van der Waals surface area contributed by atoms with Gasteiger partial charge in [0.25, 0.3) is 0 Å². The molecule has 1 aliphatic heterocycles. The molecule has 0 aromatic heterocycles. The van der Waals surface area contributed by atoms with Crippen LogP contribution in [0, 0.1) is 0 Å². The Morgan fingerprint density at radius 2 is 0.625 bits per heavy atom. The highest BCUT2D eigenvalue weighted by Crippen LogP contribution is 2.23. The van der Waals surface area contributed by atoms with Crippen LogP contribution in [0.15, 0.2) is 12.4 Å². The standard InChI is InChI=1S/C38H76N2/c1-4-7-9-11-13-15-17-19-20-21-22-23-25-27-29-31-33-38-39(34-6-3)36-37-40(38)35-32-30-28-26-24-18-16-14-12-10-8-5-2/h36-38H,4-35H2,1-3H3. The second kappa shape index (κ2) is 29.8. The molecular formula is C38H76N2. The minimum absolute atomic E-state index is 0.638. The van der Waals surface area contributed by atoms with E-state index in [1.807, 2.05) is 0 Å². The normalized spacial score (nSPS) is 15.1. The first-order valence-electron chi connectivity index (χ1n) is 19.0. The van der Waals surface area contributed by atoms with E-state index in [9.17, 15) is 0 Å². The van der Waals surface area contributed by atoms with E-state index in [2.05, 4.69) is 43.0 Å². The van der Waals surface area contributed by atoms with Crippen LogP contribution in [0.5, 0.6) is 0 Å². The van der Waals surface area contributed by atoms with Crippen molar-refractivity contribution in [2.75, 3.05) is 13.1 Å². The molecule has 0 amide bonds. The summed E-state index contributed by atoms with van der Waals surface area (Å²) in [7, 11) is 0. The Morgan fingerprint density at radius 1 is 0.325 bits per heavy atom. The average molecular weight is 561 g/mol. The molecule has 0 spiro atoms. The smallest absolute Gasteiger partial charge is 0.101 e. The van der Waals surface area contributed by atoms with Gasteiger partial charge in [0.15, 0.2) is 0 Å². The number of hydrogen-bond acceptors (Lipinski definition) is 2. The summed E-state index contributed by atoms with van der Waals surface area (Å²) in [5, 5.41) is 0. The monoisotopic (exact) mass is 561 g/mol. The van der Waals surface area contributed by atoms with Crippen LogP contribution in [0.4, 0.5) is 0 Å². The van der Waals surface area contributed by atoms with Crippen molar-refractivity contribution in [1.82, 2.24) is 9.80 Å². The predicted molar refractivity (Wildman–Crippen MR) is 182 cm³/mol. The van der Waals surface area contributed by atoms with Crippen LogP contribution in [0.2, 0.25) is 0 Å².